The topological polar surface area (TPSA) is 242 Å². The summed E-state index contributed by atoms with van der Waals surface area (Å²) in [7, 11) is 7.86. The summed E-state index contributed by atoms with van der Waals surface area (Å²) in [6.45, 7) is 10.5. The van der Waals surface area contributed by atoms with E-state index in [4.69, 9.17) is 14.5 Å². The fourth-order valence-electron chi connectivity index (χ4n) is 9.30. The average Bonchev–Trinajstić information content (AvgIpc) is 4.07. The number of hydrogen-bond donors (Lipinski definition) is 3. The second-order valence-electron chi connectivity index (χ2n) is 19.4. The standard InChI is InChI=1S/C49H78N11O10P/c1-13-33(4)45(57(10)48(66)44(32(2)3)52-49(55(6)7)56(8)9)38(69-11)28-43(64)59-26-17-21-37(59)46(70-12)34(5)47(65)51-40(27-35-19-15-14-16-20-35)71(67,68)31-39(61)50-24-18-25-58-29-36(53-54-58)30-60-41(62)22-23-42(60)63/h14-16,19-20,22-23,29,32-34,37-38,40,44-46H,13,17-18,21,24-28,30-31H2,1-12H3,(H,50,61)(H,51,65)(H,67,68)/t33-,34+,37-,38+,40+,44-,45-,46+/m0/s1. The van der Waals surface area contributed by atoms with Crippen LogP contribution in [0.1, 0.15) is 78.0 Å². The highest BCUT2D eigenvalue weighted by molar-refractivity contribution is 7.59. The number of aliphatic imine (C=N–C) groups is 1. The van der Waals surface area contributed by atoms with Crippen molar-refractivity contribution >= 4 is 48.8 Å². The maximum atomic E-state index is 14.5. The Hall–Kier alpha value is -5.50. The predicted molar refractivity (Wildman–Crippen MR) is 269 cm³/mol. The zero-order chi connectivity index (χ0) is 52.7. The van der Waals surface area contributed by atoms with Gasteiger partial charge in [-0.05, 0) is 36.7 Å². The molecule has 0 saturated carbocycles. The van der Waals surface area contributed by atoms with E-state index >= 15 is 0 Å². The monoisotopic (exact) mass is 1010 g/mol. The van der Waals surface area contributed by atoms with Gasteiger partial charge >= 0.3 is 0 Å². The van der Waals surface area contributed by atoms with Crippen molar-refractivity contribution in [2.75, 3.05) is 68.7 Å². The molecule has 1 saturated heterocycles. The van der Waals surface area contributed by atoms with E-state index in [9.17, 15) is 38.2 Å². The zero-order valence-corrected chi connectivity index (χ0v) is 44.6. The normalized spacial score (nSPS) is 18.5. The fourth-order valence-corrected chi connectivity index (χ4v) is 10.9. The van der Waals surface area contributed by atoms with Crippen molar-refractivity contribution in [3.05, 3.63) is 59.9 Å². The highest BCUT2D eigenvalue weighted by atomic mass is 31.2. The fraction of sp³-hybridized carbons (Fsp3) is 0.653. The Morgan fingerprint density at radius 3 is 2.20 bits per heavy atom. The number of likely N-dealkylation sites (tertiary alicyclic amines) is 1. The molecule has 0 spiro atoms. The molecule has 9 atom stereocenters. The molecule has 2 aromatic rings. The minimum Gasteiger partial charge on any atom is -0.379 e. The number of rotatable bonds is 26. The van der Waals surface area contributed by atoms with Crippen LogP contribution in [0.3, 0.4) is 0 Å². The average molecular weight is 1010 g/mol. The molecule has 0 radical (unpaired) electrons. The number of nitrogens with zero attached hydrogens (tertiary/aromatic N) is 9. The quantitative estimate of drug-likeness (QED) is 0.0404. The second-order valence-corrected chi connectivity index (χ2v) is 21.8. The third-order valence-corrected chi connectivity index (χ3v) is 15.4. The number of carbonyl (C=O) groups excluding carboxylic acids is 6. The van der Waals surface area contributed by atoms with Gasteiger partial charge in [0.2, 0.25) is 31.0 Å². The van der Waals surface area contributed by atoms with E-state index in [1.807, 2.05) is 65.7 Å². The number of methoxy groups -OCH3 is 2. The molecule has 2 aliphatic rings. The van der Waals surface area contributed by atoms with Crippen LogP contribution < -0.4 is 10.6 Å². The number of amides is 6. The van der Waals surface area contributed by atoms with E-state index in [0.29, 0.717) is 49.6 Å². The number of aryl methyl sites for hydroxylation is 1. The largest absolute Gasteiger partial charge is 0.379 e. The van der Waals surface area contributed by atoms with Crippen LogP contribution in [0.25, 0.3) is 0 Å². The van der Waals surface area contributed by atoms with Gasteiger partial charge in [0.1, 0.15) is 23.7 Å². The van der Waals surface area contributed by atoms with E-state index in [-0.39, 0.29) is 49.6 Å². The number of likely N-dealkylation sites (N-methyl/N-ethyl adjacent to an activating group) is 1. The number of carbonyl (C=O) groups is 6. The highest BCUT2D eigenvalue weighted by Crippen LogP contribution is 2.46. The lowest BCUT2D eigenvalue weighted by atomic mass is 9.89. The first-order chi connectivity index (χ1) is 33.5. The minimum atomic E-state index is -4.42. The summed E-state index contributed by atoms with van der Waals surface area (Å²) in [5.41, 5.74) is 1.09. The van der Waals surface area contributed by atoms with Crippen molar-refractivity contribution in [1.29, 1.82) is 0 Å². The summed E-state index contributed by atoms with van der Waals surface area (Å²) in [6.07, 6.45) is 3.98. The maximum absolute atomic E-state index is 14.5. The Balaban J connectivity index is 1.44. The summed E-state index contributed by atoms with van der Waals surface area (Å²) in [5.74, 6) is -4.25. The van der Waals surface area contributed by atoms with Crippen LogP contribution in [0, 0.1) is 17.8 Å². The first-order valence-corrected chi connectivity index (χ1v) is 26.4. The van der Waals surface area contributed by atoms with E-state index in [2.05, 4.69) is 20.9 Å². The smallest absolute Gasteiger partial charge is 0.253 e. The summed E-state index contributed by atoms with van der Waals surface area (Å²) < 4.78 is 27.7. The van der Waals surface area contributed by atoms with Crippen LogP contribution in [-0.2, 0) is 62.3 Å². The van der Waals surface area contributed by atoms with Gasteiger partial charge in [0.15, 0.2) is 5.96 Å². The summed E-state index contributed by atoms with van der Waals surface area (Å²) in [6, 6.07) is 7.23. The van der Waals surface area contributed by atoms with Crippen LogP contribution in [0.2, 0.25) is 0 Å². The molecule has 71 heavy (non-hydrogen) atoms. The molecule has 1 aromatic carbocycles. The maximum Gasteiger partial charge on any atom is 0.253 e. The van der Waals surface area contributed by atoms with Gasteiger partial charge in [-0.2, -0.15) is 0 Å². The Labute approximate surface area is 419 Å². The van der Waals surface area contributed by atoms with Crippen molar-refractivity contribution in [1.82, 2.24) is 50.1 Å². The second kappa shape index (κ2) is 26.8. The molecular formula is C49H78N11O10P. The van der Waals surface area contributed by atoms with Crippen molar-refractivity contribution in [3.63, 3.8) is 0 Å². The molecule has 1 fully saturated rings. The van der Waals surface area contributed by atoms with Crippen LogP contribution >= 0.6 is 7.37 Å². The summed E-state index contributed by atoms with van der Waals surface area (Å²) in [5, 5.41) is 13.5. The Kier molecular flexibility index (Phi) is 21.9. The van der Waals surface area contributed by atoms with Gasteiger partial charge in [0.25, 0.3) is 11.8 Å². The van der Waals surface area contributed by atoms with Gasteiger partial charge < -0.3 is 44.6 Å². The van der Waals surface area contributed by atoms with Crippen molar-refractivity contribution in [2.24, 2.45) is 22.7 Å². The molecule has 0 bridgehead atoms. The highest BCUT2D eigenvalue weighted by Gasteiger charge is 2.44. The molecule has 3 heterocycles. The molecule has 2 aliphatic heterocycles. The molecule has 394 valence electrons. The van der Waals surface area contributed by atoms with Crippen LogP contribution in [-0.4, -0.2) is 191 Å². The Morgan fingerprint density at radius 2 is 1.62 bits per heavy atom. The first-order valence-electron chi connectivity index (χ1n) is 24.4. The molecule has 22 heteroatoms. The van der Waals surface area contributed by atoms with Crippen LogP contribution in [0.5, 0.6) is 0 Å². The van der Waals surface area contributed by atoms with Crippen molar-refractivity contribution in [3.8, 4) is 0 Å². The van der Waals surface area contributed by atoms with E-state index in [1.54, 1.807) is 67.4 Å². The minimum absolute atomic E-state index is 0.0261. The SMILES string of the molecule is CC[C@H](C)[C@@H]([C@@H](CC(=O)N1CCC[C@H]1[C@H](OC)[C@@H](C)C(=O)N[C@@H](Cc1ccccc1)P(=O)(O)CC(=O)NCCCn1cc(CN2C(=O)C=CC2=O)nn1)OC)N(C)C(=O)[C@@H](N=C(N(C)C)N(C)C)C(C)C. The predicted octanol–water partition coefficient (Wildman–Crippen LogP) is 2.59. The van der Waals surface area contributed by atoms with E-state index < -0.39 is 79.2 Å². The molecule has 1 unspecified atom stereocenters. The Bertz CT molecular complexity index is 2210. The molecular weight excluding hydrogens is 934 g/mol. The molecule has 0 aliphatic carbocycles. The van der Waals surface area contributed by atoms with Crippen LogP contribution in [0.15, 0.2) is 53.7 Å². The number of ether oxygens (including phenoxy) is 2. The van der Waals surface area contributed by atoms with Gasteiger partial charge in [0.05, 0.1) is 49.4 Å². The number of guanidine groups is 1. The number of hydrogen-bond acceptors (Lipinski definition) is 12. The third kappa shape index (κ3) is 15.7. The van der Waals surface area contributed by atoms with Crippen molar-refractivity contribution < 1.29 is 47.7 Å². The van der Waals surface area contributed by atoms with Gasteiger partial charge in [0, 0.05) is 87.7 Å². The lowest BCUT2D eigenvalue weighted by Crippen LogP contribution is -2.55. The van der Waals surface area contributed by atoms with E-state index in [1.165, 1.54) is 23.9 Å². The summed E-state index contributed by atoms with van der Waals surface area (Å²) in [4.78, 5) is 105. The van der Waals surface area contributed by atoms with Crippen molar-refractivity contribution in [2.45, 2.75) is 122 Å². The molecule has 6 amide bonds. The lowest BCUT2D eigenvalue weighted by molar-refractivity contribution is -0.146. The third-order valence-electron chi connectivity index (χ3n) is 13.3. The molecule has 3 N–H and O–H groups in total. The number of nitrogens with one attached hydrogen (secondary N) is 2. The van der Waals surface area contributed by atoms with E-state index in [0.717, 1.165) is 11.3 Å². The number of benzene rings is 1. The molecule has 4 rings (SSSR count). The molecule has 1 aromatic heterocycles. The van der Waals surface area contributed by atoms with Gasteiger partial charge in [-0.15, -0.1) is 5.10 Å². The zero-order valence-electron chi connectivity index (χ0n) is 43.7. The van der Waals surface area contributed by atoms with Crippen LogP contribution in [0.4, 0.5) is 0 Å². The summed E-state index contributed by atoms with van der Waals surface area (Å²) >= 11 is 0. The van der Waals surface area contributed by atoms with Gasteiger partial charge in [-0.3, -0.25) is 42.9 Å². The van der Waals surface area contributed by atoms with Gasteiger partial charge in [-0.25, -0.2) is 4.99 Å². The van der Waals surface area contributed by atoms with Gasteiger partial charge in [-0.1, -0.05) is 76.6 Å². The Morgan fingerprint density at radius 1 is 0.972 bits per heavy atom. The lowest BCUT2D eigenvalue weighted by Gasteiger charge is -2.40. The number of aromatic nitrogens is 3. The number of imide groups is 1. The molecule has 21 nitrogen and oxygen atoms in total. The first kappa shape index (κ1) is 58.1.